The van der Waals surface area contributed by atoms with Crippen molar-refractivity contribution >= 4 is 43.0 Å². The first-order chi connectivity index (χ1) is 11.9. The van der Waals surface area contributed by atoms with Crippen LogP contribution in [0.3, 0.4) is 0 Å². The summed E-state index contributed by atoms with van der Waals surface area (Å²) in [5.74, 6) is 0. The van der Waals surface area contributed by atoms with Crippen molar-refractivity contribution in [2.24, 2.45) is 0 Å². The smallest absolute Gasteiger partial charge is 0.744 e. The Kier molecular flexibility index (Phi) is 8.18. The van der Waals surface area contributed by atoms with Gasteiger partial charge in [0.1, 0.15) is 13.9 Å². The first-order valence-electron chi connectivity index (χ1n) is 7.67. The molecule has 0 atom stereocenters. The summed E-state index contributed by atoms with van der Waals surface area (Å²) < 4.78 is 33.8. The van der Waals surface area contributed by atoms with Gasteiger partial charge in [-0.2, -0.15) is 0 Å². The summed E-state index contributed by atoms with van der Waals surface area (Å²) in [4.78, 5) is 1.05. The van der Waals surface area contributed by atoms with E-state index in [2.05, 4.69) is 12.1 Å². The molecule has 0 aliphatic heterocycles. The standard InChI is InChI=1S/C18H16O3S4.Na/c19-25(20,21)15-11-9-13(10-12-15)5-4-8-16-17(23-24-18(16)22)14-6-2-1-3-7-14;/h1-3,6-7,9-12H,4-5,8H2,(H,19,20,21);/q;+1/p-1. The molecule has 3 rings (SSSR count). The second-order valence-electron chi connectivity index (χ2n) is 5.58. The van der Waals surface area contributed by atoms with Crippen LogP contribution in [-0.4, -0.2) is 13.0 Å². The maximum Gasteiger partial charge on any atom is 1.00 e. The van der Waals surface area contributed by atoms with E-state index in [1.165, 1.54) is 28.1 Å². The Hall–Kier alpha value is -0.380. The molecule has 2 aromatic carbocycles. The van der Waals surface area contributed by atoms with Gasteiger partial charge in [-0.15, -0.1) is 0 Å². The van der Waals surface area contributed by atoms with E-state index in [4.69, 9.17) is 12.2 Å². The van der Waals surface area contributed by atoms with Gasteiger partial charge >= 0.3 is 29.6 Å². The largest absolute Gasteiger partial charge is 1.00 e. The maximum absolute atomic E-state index is 11.0. The average molecular weight is 431 g/mol. The Bertz CT molecular complexity index is 1010. The van der Waals surface area contributed by atoms with E-state index in [-0.39, 0.29) is 34.5 Å². The molecule has 0 N–H and O–H groups in total. The normalized spacial score (nSPS) is 11.1. The van der Waals surface area contributed by atoms with E-state index in [1.54, 1.807) is 32.8 Å². The molecule has 0 fully saturated rings. The zero-order valence-electron chi connectivity index (χ0n) is 14.2. The molecule has 1 aromatic heterocycles. The van der Waals surface area contributed by atoms with Crippen LogP contribution in [0, 0.1) is 3.82 Å². The van der Waals surface area contributed by atoms with E-state index in [0.29, 0.717) is 0 Å². The van der Waals surface area contributed by atoms with Crippen LogP contribution in [0.2, 0.25) is 0 Å². The van der Waals surface area contributed by atoms with E-state index < -0.39 is 10.1 Å². The summed E-state index contributed by atoms with van der Waals surface area (Å²) in [6.07, 6.45) is 2.60. The monoisotopic (exact) mass is 430 g/mol. The molecule has 130 valence electrons. The topological polar surface area (TPSA) is 57.2 Å². The maximum atomic E-state index is 11.0. The van der Waals surface area contributed by atoms with Crippen molar-refractivity contribution in [1.82, 2.24) is 0 Å². The quantitative estimate of drug-likeness (QED) is 0.261. The van der Waals surface area contributed by atoms with Gasteiger partial charge in [-0.3, -0.25) is 0 Å². The van der Waals surface area contributed by atoms with Crippen LogP contribution in [-0.2, 0) is 23.0 Å². The van der Waals surface area contributed by atoms with Gasteiger partial charge in [0.25, 0.3) is 0 Å². The fourth-order valence-electron chi connectivity index (χ4n) is 2.59. The fourth-order valence-corrected chi connectivity index (χ4v) is 6.07. The summed E-state index contributed by atoms with van der Waals surface area (Å²) >= 11 is 5.49. The molecule has 1 heterocycles. The first-order valence-corrected chi connectivity index (χ1v) is 11.6. The van der Waals surface area contributed by atoms with Crippen LogP contribution in [0.5, 0.6) is 0 Å². The Balaban J connectivity index is 0.00000243. The van der Waals surface area contributed by atoms with Gasteiger partial charge in [0.05, 0.1) is 9.77 Å². The molecule has 26 heavy (non-hydrogen) atoms. The zero-order chi connectivity index (χ0) is 17.9. The number of benzene rings is 2. The number of aryl methyl sites for hydroxylation is 1. The second kappa shape index (κ2) is 9.71. The molecule has 0 spiro atoms. The Labute approximate surface area is 188 Å². The van der Waals surface area contributed by atoms with Gasteiger partial charge in [-0.1, -0.05) is 75.4 Å². The molecular weight excluding hydrogens is 415 g/mol. The van der Waals surface area contributed by atoms with Crippen molar-refractivity contribution in [2.45, 2.75) is 24.2 Å². The van der Waals surface area contributed by atoms with Crippen molar-refractivity contribution in [3.8, 4) is 10.4 Å². The van der Waals surface area contributed by atoms with Crippen LogP contribution >= 0.6 is 32.9 Å². The molecule has 0 unspecified atom stereocenters. The van der Waals surface area contributed by atoms with Gasteiger partial charge in [0, 0.05) is 0 Å². The van der Waals surface area contributed by atoms with Gasteiger partial charge in [-0.25, -0.2) is 8.42 Å². The predicted molar refractivity (Wildman–Crippen MR) is 105 cm³/mol. The molecule has 0 saturated heterocycles. The predicted octanol–water partition coefficient (Wildman–Crippen LogP) is 2.29. The second-order valence-corrected chi connectivity index (χ2v) is 9.78. The van der Waals surface area contributed by atoms with Crippen LogP contribution in [0.25, 0.3) is 10.4 Å². The molecular formula is C18H15NaO3S4. The van der Waals surface area contributed by atoms with E-state index in [9.17, 15) is 13.0 Å². The van der Waals surface area contributed by atoms with Crippen molar-refractivity contribution in [2.75, 3.05) is 0 Å². The summed E-state index contributed by atoms with van der Waals surface area (Å²) in [5, 5.41) is 0. The third-order valence-electron chi connectivity index (χ3n) is 3.86. The molecule has 3 nitrogen and oxygen atoms in total. The first kappa shape index (κ1) is 21.9. The minimum absolute atomic E-state index is 0. The van der Waals surface area contributed by atoms with Crippen molar-refractivity contribution < 1.29 is 42.5 Å². The van der Waals surface area contributed by atoms with Gasteiger partial charge in [-0.05, 0) is 48.1 Å². The summed E-state index contributed by atoms with van der Waals surface area (Å²) in [6.45, 7) is 0. The third kappa shape index (κ3) is 5.56. The molecule has 8 heteroatoms. The SMILES string of the molecule is O=S(=O)([O-])c1ccc(CCCc2c(-c3ccccc3)ssc2=S)cc1.[Na+]. The summed E-state index contributed by atoms with van der Waals surface area (Å²) in [5.41, 5.74) is 3.42. The fraction of sp³-hybridized carbons (Fsp3) is 0.167. The molecule has 0 saturated carbocycles. The Morgan fingerprint density at radius 3 is 2.19 bits per heavy atom. The summed E-state index contributed by atoms with van der Waals surface area (Å²) in [6, 6.07) is 16.4. The van der Waals surface area contributed by atoms with Gasteiger partial charge in [0.2, 0.25) is 0 Å². The Morgan fingerprint density at radius 2 is 1.58 bits per heavy atom. The molecule has 0 radical (unpaired) electrons. The van der Waals surface area contributed by atoms with Crippen LogP contribution in [0.4, 0.5) is 0 Å². The van der Waals surface area contributed by atoms with Gasteiger partial charge in [0.15, 0.2) is 0 Å². The third-order valence-corrected chi connectivity index (χ3v) is 7.90. The van der Waals surface area contributed by atoms with Crippen LogP contribution < -0.4 is 29.6 Å². The van der Waals surface area contributed by atoms with Crippen LogP contribution in [0.15, 0.2) is 59.5 Å². The Morgan fingerprint density at radius 1 is 0.923 bits per heavy atom. The average Bonchev–Trinajstić information content (AvgIpc) is 2.96. The van der Waals surface area contributed by atoms with E-state index in [0.717, 1.165) is 28.6 Å². The summed E-state index contributed by atoms with van der Waals surface area (Å²) in [7, 11) is -1.03. The molecule has 0 bridgehead atoms. The van der Waals surface area contributed by atoms with Crippen molar-refractivity contribution in [3.05, 3.63) is 69.5 Å². The van der Waals surface area contributed by atoms with Crippen molar-refractivity contribution in [1.29, 1.82) is 0 Å². The molecule has 0 amide bonds. The molecule has 3 aromatic rings. The zero-order valence-corrected chi connectivity index (χ0v) is 19.4. The molecule has 0 aliphatic rings. The molecule has 0 aliphatic carbocycles. The number of rotatable bonds is 6. The van der Waals surface area contributed by atoms with Gasteiger partial charge < -0.3 is 4.55 Å². The van der Waals surface area contributed by atoms with Crippen molar-refractivity contribution in [3.63, 3.8) is 0 Å². The van der Waals surface area contributed by atoms with E-state index >= 15 is 0 Å². The minimum Gasteiger partial charge on any atom is -0.744 e. The van der Waals surface area contributed by atoms with E-state index in [1.807, 2.05) is 18.2 Å². The minimum atomic E-state index is -4.38. The number of hydrogen-bond acceptors (Lipinski definition) is 6. The van der Waals surface area contributed by atoms with Crippen LogP contribution in [0.1, 0.15) is 17.5 Å². The number of hydrogen-bond donors (Lipinski definition) is 0.